The summed E-state index contributed by atoms with van der Waals surface area (Å²) in [7, 11) is 0. The van der Waals surface area contributed by atoms with E-state index in [1.54, 1.807) is 6.07 Å². The largest absolute Gasteiger partial charge is 0.483 e. The molecule has 0 heterocycles. The van der Waals surface area contributed by atoms with Gasteiger partial charge in [0, 0.05) is 17.3 Å². The minimum Gasteiger partial charge on any atom is -0.483 e. The SMILES string of the molecule is Cc1ccc(C(C)C)c(OCC(=O)Nc2ccc(C)c(NC(=O)C3CC3)c2)c1. The van der Waals surface area contributed by atoms with Gasteiger partial charge in [-0.15, -0.1) is 0 Å². The van der Waals surface area contributed by atoms with Gasteiger partial charge in [0.25, 0.3) is 5.91 Å². The minimum absolute atomic E-state index is 0.0515. The van der Waals surface area contributed by atoms with Crippen LogP contribution in [0.15, 0.2) is 36.4 Å². The van der Waals surface area contributed by atoms with E-state index in [1.165, 1.54) is 0 Å². The number of carbonyl (C=O) groups excluding carboxylic acids is 2. The molecule has 2 aromatic carbocycles. The summed E-state index contributed by atoms with van der Waals surface area (Å²) in [5, 5.41) is 5.79. The normalized spacial score (nSPS) is 13.3. The van der Waals surface area contributed by atoms with Crippen molar-refractivity contribution >= 4 is 23.2 Å². The van der Waals surface area contributed by atoms with Crippen molar-refractivity contribution in [2.24, 2.45) is 5.92 Å². The van der Waals surface area contributed by atoms with Crippen LogP contribution < -0.4 is 15.4 Å². The summed E-state index contributed by atoms with van der Waals surface area (Å²) in [6.45, 7) is 8.06. The average Bonchev–Trinajstić information content (AvgIpc) is 3.48. The number of hydrogen-bond acceptors (Lipinski definition) is 3. The Hall–Kier alpha value is -2.82. The van der Waals surface area contributed by atoms with Crippen molar-refractivity contribution in [3.05, 3.63) is 53.1 Å². The number of amides is 2. The second kappa shape index (κ2) is 8.46. The number of benzene rings is 2. The van der Waals surface area contributed by atoms with E-state index < -0.39 is 0 Å². The maximum absolute atomic E-state index is 12.4. The van der Waals surface area contributed by atoms with E-state index >= 15 is 0 Å². The fourth-order valence-corrected chi connectivity index (χ4v) is 3.00. The van der Waals surface area contributed by atoms with Gasteiger partial charge in [0.15, 0.2) is 6.61 Å². The first-order valence-corrected chi connectivity index (χ1v) is 9.78. The van der Waals surface area contributed by atoms with Crippen molar-refractivity contribution in [1.29, 1.82) is 0 Å². The molecular formula is C23H28N2O3. The number of carbonyl (C=O) groups is 2. The predicted molar refractivity (Wildman–Crippen MR) is 112 cm³/mol. The van der Waals surface area contributed by atoms with E-state index in [1.807, 2.05) is 44.2 Å². The van der Waals surface area contributed by atoms with Crippen LogP contribution in [0, 0.1) is 19.8 Å². The van der Waals surface area contributed by atoms with Crippen molar-refractivity contribution in [3.63, 3.8) is 0 Å². The lowest BCUT2D eigenvalue weighted by molar-refractivity contribution is -0.118. The molecule has 148 valence electrons. The van der Waals surface area contributed by atoms with Crippen molar-refractivity contribution in [2.75, 3.05) is 17.2 Å². The van der Waals surface area contributed by atoms with Gasteiger partial charge in [0.1, 0.15) is 5.75 Å². The van der Waals surface area contributed by atoms with Crippen molar-refractivity contribution in [2.45, 2.75) is 46.5 Å². The third kappa shape index (κ3) is 5.12. The molecule has 5 nitrogen and oxygen atoms in total. The van der Waals surface area contributed by atoms with Crippen LogP contribution in [0.5, 0.6) is 5.75 Å². The van der Waals surface area contributed by atoms with E-state index in [2.05, 4.69) is 24.5 Å². The maximum Gasteiger partial charge on any atom is 0.262 e. The molecule has 0 aliphatic heterocycles. The Balaban J connectivity index is 1.62. The molecule has 0 atom stereocenters. The number of hydrogen-bond donors (Lipinski definition) is 2. The zero-order chi connectivity index (χ0) is 20.3. The Labute approximate surface area is 166 Å². The topological polar surface area (TPSA) is 67.4 Å². The molecule has 0 unspecified atom stereocenters. The van der Waals surface area contributed by atoms with Crippen molar-refractivity contribution in [1.82, 2.24) is 0 Å². The first kappa shape index (κ1) is 19.9. The zero-order valence-corrected chi connectivity index (χ0v) is 17.0. The molecule has 0 radical (unpaired) electrons. The first-order valence-electron chi connectivity index (χ1n) is 9.78. The molecule has 2 amide bonds. The molecule has 0 aromatic heterocycles. The molecule has 0 saturated heterocycles. The first-order chi connectivity index (χ1) is 13.3. The Morgan fingerprint density at radius 2 is 1.82 bits per heavy atom. The van der Waals surface area contributed by atoms with Crippen LogP contribution in [0.25, 0.3) is 0 Å². The fourth-order valence-electron chi connectivity index (χ4n) is 3.00. The number of aryl methyl sites for hydroxylation is 2. The van der Waals surface area contributed by atoms with Crippen LogP contribution in [-0.2, 0) is 9.59 Å². The fraction of sp³-hybridized carbons (Fsp3) is 0.391. The summed E-state index contributed by atoms with van der Waals surface area (Å²) in [5.74, 6) is 1.01. The van der Waals surface area contributed by atoms with E-state index in [9.17, 15) is 9.59 Å². The molecule has 0 bridgehead atoms. The van der Waals surface area contributed by atoms with Gasteiger partial charge < -0.3 is 15.4 Å². The summed E-state index contributed by atoms with van der Waals surface area (Å²) < 4.78 is 5.79. The maximum atomic E-state index is 12.4. The Morgan fingerprint density at radius 1 is 1.07 bits per heavy atom. The number of nitrogens with one attached hydrogen (secondary N) is 2. The summed E-state index contributed by atoms with van der Waals surface area (Å²) >= 11 is 0. The van der Waals surface area contributed by atoms with Crippen LogP contribution in [0.1, 0.15) is 49.3 Å². The Kier molecular flexibility index (Phi) is 6.02. The molecular weight excluding hydrogens is 352 g/mol. The van der Waals surface area contributed by atoms with E-state index in [0.717, 1.165) is 41.0 Å². The monoisotopic (exact) mass is 380 g/mol. The third-order valence-electron chi connectivity index (χ3n) is 4.88. The van der Waals surface area contributed by atoms with Crippen LogP contribution in [0.3, 0.4) is 0 Å². The van der Waals surface area contributed by atoms with Gasteiger partial charge in [-0.2, -0.15) is 0 Å². The highest BCUT2D eigenvalue weighted by atomic mass is 16.5. The van der Waals surface area contributed by atoms with Crippen molar-refractivity contribution < 1.29 is 14.3 Å². The van der Waals surface area contributed by atoms with Gasteiger partial charge in [-0.25, -0.2) is 0 Å². The van der Waals surface area contributed by atoms with Gasteiger partial charge in [0.2, 0.25) is 5.91 Å². The lowest BCUT2D eigenvalue weighted by Crippen LogP contribution is -2.21. The Morgan fingerprint density at radius 3 is 2.50 bits per heavy atom. The van der Waals surface area contributed by atoms with Gasteiger partial charge >= 0.3 is 0 Å². The highest BCUT2D eigenvalue weighted by Crippen LogP contribution is 2.31. The minimum atomic E-state index is -0.237. The predicted octanol–water partition coefficient (Wildman–Crippen LogP) is 4.79. The van der Waals surface area contributed by atoms with Crippen LogP contribution >= 0.6 is 0 Å². The Bertz CT molecular complexity index is 885. The van der Waals surface area contributed by atoms with E-state index in [0.29, 0.717) is 11.6 Å². The summed E-state index contributed by atoms with van der Waals surface area (Å²) in [6.07, 6.45) is 1.91. The van der Waals surface area contributed by atoms with Gasteiger partial charge in [-0.1, -0.05) is 32.0 Å². The number of ether oxygens (including phenoxy) is 1. The lowest BCUT2D eigenvalue weighted by atomic mass is 10.0. The quantitative estimate of drug-likeness (QED) is 0.725. The van der Waals surface area contributed by atoms with Crippen molar-refractivity contribution in [3.8, 4) is 5.75 Å². The highest BCUT2D eigenvalue weighted by Gasteiger charge is 2.29. The third-order valence-corrected chi connectivity index (χ3v) is 4.88. The summed E-state index contributed by atoms with van der Waals surface area (Å²) in [5.41, 5.74) is 4.51. The standard InChI is InChI=1S/C23H28N2O3/c1-14(2)19-10-5-15(3)11-21(19)28-13-22(26)24-18-9-6-16(4)20(12-18)25-23(27)17-7-8-17/h5-6,9-12,14,17H,7-8,13H2,1-4H3,(H,24,26)(H,25,27). The van der Waals surface area contributed by atoms with Gasteiger partial charge in [-0.05, 0) is 67.5 Å². The molecule has 1 saturated carbocycles. The lowest BCUT2D eigenvalue weighted by Gasteiger charge is -2.15. The molecule has 1 fully saturated rings. The molecule has 2 N–H and O–H groups in total. The second-order valence-electron chi connectivity index (χ2n) is 7.83. The molecule has 3 rings (SSSR count). The average molecular weight is 380 g/mol. The molecule has 0 spiro atoms. The summed E-state index contributed by atoms with van der Waals surface area (Å²) in [6, 6.07) is 11.6. The van der Waals surface area contributed by atoms with Gasteiger partial charge in [0.05, 0.1) is 0 Å². The number of rotatable bonds is 7. The molecule has 5 heteroatoms. The van der Waals surface area contributed by atoms with Gasteiger partial charge in [-0.3, -0.25) is 9.59 Å². The molecule has 2 aromatic rings. The van der Waals surface area contributed by atoms with E-state index in [4.69, 9.17) is 4.74 Å². The van der Waals surface area contributed by atoms with Crippen LogP contribution in [0.2, 0.25) is 0 Å². The smallest absolute Gasteiger partial charge is 0.262 e. The van der Waals surface area contributed by atoms with Crippen LogP contribution in [-0.4, -0.2) is 18.4 Å². The van der Waals surface area contributed by atoms with Crippen LogP contribution in [0.4, 0.5) is 11.4 Å². The second-order valence-corrected chi connectivity index (χ2v) is 7.83. The van der Waals surface area contributed by atoms with E-state index in [-0.39, 0.29) is 24.3 Å². The molecule has 28 heavy (non-hydrogen) atoms. The molecule has 1 aliphatic rings. The zero-order valence-electron chi connectivity index (χ0n) is 17.0. The number of anilines is 2. The molecule has 1 aliphatic carbocycles. The summed E-state index contributed by atoms with van der Waals surface area (Å²) in [4.78, 5) is 24.4. The highest BCUT2D eigenvalue weighted by molar-refractivity contribution is 5.96.